The second-order valence-corrected chi connectivity index (χ2v) is 4.04. The number of nitrogens with zero attached hydrogens (tertiary/aromatic N) is 1. The molecule has 0 radical (unpaired) electrons. The summed E-state index contributed by atoms with van der Waals surface area (Å²) in [6.07, 6.45) is 1.36. The van der Waals surface area contributed by atoms with Crippen molar-refractivity contribution < 1.29 is 18.3 Å². The molecule has 0 spiro atoms. The van der Waals surface area contributed by atoms with Gasteiger partial charge in [0, 0.05) is 6.20 Å². The summed E-state index contributed by atoms with van der Waals surface area (Å²) in [6, 6.07) is 4.56. The minimum Gasteiger partial charge on any atom is -0.494 e. The molecule has 6 heteroatoms. The second-order valence-electron chi connectivity index (χ2n) is 3.63. The molecule has 0 fully saturated rings. The van der Waals surface area contributed by atoms with Gasteiger partial charge in [-0.05, 0) is 24.3 Å². The van der Waals surface area contributed by atoms with E-state index in [9.17, 15) is 13.6 Å². The number of hydrogen-bond donors (Lipinski definition) is 0. The van der Waals surface area contributed by atoms with Crippen LogP contribution in [0.2, 0.25) is 5.02 Å². The highest BCUT2D eigenvalue weighted by atomic mass is 35.5. The molecule has 2 aromatic rings. The summed E-state index contributed by atoms with van der Waals surface area (Å²) in [7, 11) is 1.35. The number of halogens is 3. The zero-order valence-electron chi connectivity index (χ0n) is 9.78. The molecule has 0 unspecified atom stereocenters. The third-order valence-electron chi connectivity index (χ3n) is 2.46. The van der Waals surface area contributed by atoms with Gasteiger partial charge >= 0.3 is 0 Å². The molecule has 0 aliphatic rings. The van der Waals surface area contributed by atoms with Crippen LogP contribution in [0.1, 0.15) is 16.1 Å². The molecular formula is C13H8ClF2NO2. The highest BCUT2D eigenvalue weighted by Gasteiger charge is 2.21. The predicted octanol–water partition coefficient (Wildman–Crippen LogP) is 3.25. The molecule has 0 atom stereocenters. The average molecular weight is 284 g/mol. The number of hydrogen-bond acceptors (Lipinski definition) is 3. The van der Waals surface area contributed by atoms with Crippen molar-refractivity contribution in [3.05, 3.63) is 58.4 Å². The fraction of sp³-hybridized carbons (Fsp3) is 0.0769. The Morgan fingerprint density at radius 2 is 2.05 bits per heavy atom. The predicted molar refractivity (Wildman–Crippen MR) is 65.6 cm³/mol. The van der Waals surface area contributed by atoms with E-state index >= 15 is 0 Å². The number of aromatic nitrogens is 1. The van der Waals surface area contributed by atoms with Crippen LogP contribution in [-0.4, -0.2) is 17.9 Å². The molecule has 3 nitrogen and oxygen atoms in total. The lowest BCUT2D eigenvalue weighted by Crippen LogP contribution is -2.09. The molecule has 1 heterocycles. The number of benzene rings is 1. The zero-order chi connectivity index (χ0) is 14.0. The van der Waals surface area contributed by atoms with E-state index in [0.29, 0.717) is 0 Å². The van der Waals surface area contributed by atoms with E-state index in [1.807, 2.05) is 0 Å². The van der Waals surface area contributed by atoms with Crippen LogP contribution < -0.4 is 4.74 Å². The molecule has 0 bridgehead atoms. The molecule has 0 N–H and O–H groups in total. The average Bonchev–Trinajstić information content (AvgIpc) is 2.42. The Balaban J connectivity index is 2.53. The van der Waals surface area contributed by atoms with Gasteiger partial charge in [0.05, 0.1) is 17.7 Å². The van der Waals surface area contributed by atoms with Crippen molar-refractivity contribution in [3.63, 3.8) is 0 Å². The van der Waals surface area contributed by atoms with Crippen molar-refractivity contribution in [3.8, 4) is 5.75 Å². The number of pyridine rings is 1. The summed E-state index contributed by atoms with van der Waals surface area (Å²) in [4.78, 5) is 15.9. The van der Waals surface area contributed by atoms with Crippen molar-refractivity contribution >= 4 is 17.4 Å². The van der Waals surface area contributed by atoms with E-state index < -0.39 is 23.0 Å². The Hall–Kier alpha value is -2.01. The number of methoxy groups -OCH3 is 1. The van der Waals surface area contributed by atoms with Gasteiger partial charge in [-0.25, -0.2) is 13.8 Å². The van der Waals surface area contributed by atoms with E-state index in [4.69, 9.17) is 16.3 Å². The minimum atomic E-state index is -0.913. The molecule has 98 valence electrons. The Morgan fingerprint density at radius 1 is 1.32 bits per heavy atom. The van der Waals surface area contributed by atoms with Gasteiger partial charge in [-0.1, -0.05) is 11.6 Å². The Labute approximate surface area is 112 Å². The monoisotopic (exact) mass is 283 g/mol. The lowest BCUT2D eigenvalue weighted by atomic mass is 10.1. The SMILES string of the molecule is COc1cccnc1C(=O)c1cc(F)c(Cl)cc1F. The molecular weight excluding hydrogens is 276 g/mol. The van der Waals surface area contributed by atoms with Crippen molar-refractivity contribution in [2.45, 2.75) is 0 Å². The molecule has 0 amide bonds. The first-order valence-corrected chi connectivity index (χ1v) is 5.60. The van der Waals surface area contributed by atoms with Crippen molar-refractivity contribution in [2.75, 3.05) is 7.11 Å². The highest BCUT2D eigenvalue weighted by Crippen LogP contribution is 2.24. The van der Waals surface area contributed by atoms with Gasteiger partial charge in [0.15, 0.2) is 5.69 Å². The lowest BCUT2D eigenvalue weighted by molar-refractivity contribution is 0.102. The van der Waals surface area contributed by atoms with E-state index in [0.717, 1.165) is 12.1 Å². The Bertz CT molecular complexity index is 647. The topological polar surface area (TPSA) is 39.2 Å². The smallest absolute Gasteiger partial charge is 0.218 e. The number of rotatable bonds is 3. The number of carbonyl (C=O) groups excluding carboxylic acids is 1. The normalized spacial score (nSPS) is 10.3. The van der Waals surface area contributed by atoms with Gasteiger partial charge in [0.25, 0.3) is 0 Å². The number of ketones is 1. The van der Waals surface area contributed by atoms with Crippen LogP contribution in [0.3, 0.4) is 0 Å². The molecule has 2 rings (SSSR count). The maximum Gasteiger partial charge on any atom is 0.218 e. The largest absolute Gasteiger partial charge is 0.494 e. The Kier molecular flexibility index (Phi) is 3.76. The van der Waals surface area contributed by atoms with Crippen LogP contribution in [0.5, 0.6) is 5.75 Å². The van der Waals surface area contributed by atoms with Gasteiger partial charge < -0.3 is 4.74 Å². The quantitative estimate of drug-likeness (QED) is 0.641. The van der Waals surface area contributed by atoms with E-state index in [-0.39, 0.29) is 16.5 Å². The third-order valence-corrected chi connectivity index (χ3v) is 2.75. The van der Waals surface area contributed by atoms with Gasteiger partial charge in [0.2, 0.25) is 5.78 Å². The van der Waals surface area contributed by atoms with Crippen LogP contribution in [0.25, 0.3) is 0 Å². The van der Waals surface area contributed by atoms with Crippen molar-refractivity contribution in [1.29, 1.82) is 0 Å². The summed E-state index contributed by atoms with van der Waals surface area (Å²) in [5, 5.41) is -0.387. The molecule has 1 aromatic carbocycles. The first kappa shape index (κ1) is 13.4. The summed E-state index contributed by atoms with van der Waals surface area (Å²) >= 11 is 5.43. The molecule has 0 saturated heterocycles. The maximum absolute atomic E-state index is 13.7. The fourth-order valence-corrected chi connectivity index (χ4v) is 1.70. The van der Waals surface area contributed by atoms with Gasteiger partial charge in [-0.15, -0.1) is 0 Å². The van der Waals surface area contributed by atoms with Crippen molar-refractivity contribution in [1.82, 2.24) is 4.98 Å². The van der Waals surface area contributed by atoms with Gasteiger partial charge in [-0.3, -0.25) is 4.79 Å². The van der Waals surface area contributed by atoms with E-state index in [1.165, 1.54) is 19.4 Å². The summed E-state index contributed by atoms with van der Waals surface area (Å²) < 4.78 is 31.9. The summed E-state index contributed by atoms with van der Waals surface area (Å²) in [5.41, 5.74) is -0.537. The van der Waals surface area contributed by atoms with E-state index in [1.54, 1.807) is 6.07 Å². The molecule has 0 aliphatic heterocycles. The van der Waals surface area contributed by atoms with Crippen LogP contribution in [0.4, 0.5) is 8.78 Å². The zero-order valence-corrected chi connectivity index (χ0v) is 10.5. The molecule has 0 aliphatic carbocycles. The van der Waals surface area contributed by atoms with Crippen LogP contribution in [-0.2, 0) is 0 Å². The first-order valence-electron chi connectivity index (χ1n) is 5.23. The second kappa shape index (κ2) is 5.32. The standard InChI is InChI=1S/C13H8ClF2NO2/c1-19-11-3-2-4-17-12(11)13(18)7-5-10(16)8(14)6-9(7)15/h2-6H,1H3. The first-order chi connectivity index (χ1) is 9.04. The van der Waals surface area contributed by atoms with Crippen LogP contribution in [0, 0.1) is 11.6 Å². The van der Waals surface area contributed by atoms with Crippen LogP contribution >= 0.6 is 11.6 Å². The third kappa shape index (κ3) is 2.56. The lowest BCUT2D eigenvalue weighted by Gasteiger charge is -2.07. The minimum absolute atomic E-state index is 0.0920. The number of ether oxygens (including phenoxy) is 1. The fourth-order valence-electron chi connectivity index (χ4n) is 1.55. The van der Waals surface area contributed by atoms with Gasteiger partial charge in [-0.2, -0.15) is 0 Å². The van der Waals surface area contributed by atoms with E-state index in [2.05, 4.69) is 4.98 Å². The highest BCUT2D eigenvalue weighted by molar-refractivity contribution is 6.30. The molecule has 1 aromatic heterocycles. The Morgan fingerprint density at radius 3 is 2.74 bits per heavy atom. The number of carbonyl (C=O) groups is 1. The summed E-state index contributed by atoms with van der Waals surface area (Å²) in [5.74, 6) is -2.38. The van der Waals surface area contributed by atoms with Crippen LogP contribution in [0.15, 0.2) is 30.5 Å². The molecule has 0 saturated carbocycles. The summed E-state index contributed by atoms with van der Waals surface area (Å²) in [6.45, 7) is 0. The van der Waals surface area contributed by atoms with Crippen molar-refractivity contribution in [2.24, 2.45) is 0 Å². The maximum atomic E-state index is 13.7. The molecule has 19 heavy (non-hydrogen) atoms. The van der Waals surface area contributed by atoms with Gasteiger partial charge in [0.1, 0.15) is 17.4 Å².